The van der Waals surface area contributed by atoms with E-state index in [2.05, 4.69) is 20.8 Å². The van der Waals surface area contributed by atoms with E-state index >= 15 is 0 Å². The van der Waals surface area contributed by atoms with Crippen LogP contribution in [0.25, 0.3) is 0 Å². The summed E-state index contributed by atoms with van der Waals surface area (Å²) >= 11 is 0. The molecule has 0 saturated heterocycles. The Morgan fingerprint density at radius 3 is 2.96 bits per heavy atom. The number of benzene rings is 1. The molecular weight excluding hydrogens is 316 g/mol. The zero-order valence-corrected chi connectivity index (χ0v) is 13.1. The van der Waals surface area contributed by atoms with Crippen LogP contribution in [0.3, 0.4) is 0 Å². The van der Waals surface area contributed by atoms with Crippen LogP contribution in [0.15, 0.2) is 28.8 Å². The Bertz CT molecular complexity index is 701. The molecule has 1 aromatic carbocycles. The summed E-state index contributed by atoms with van der Waals surface area (Å²) in [5.41, 5.74) is 0.608. The van der Waals surface area contributed by atoms with Gasteiger partial charge in [-0.3, -0.25) is 9.59 Å². The third-order valence-electron chi connectivity index (χ3n) is 2.81. The first-order valence-electron chi connectivity index (χ1n) is 7.30. The van der Waals surface area contributed by atoms with Gasteiger partial charge in [-0.05, 0) is 18.6 Å². The molecule has 1 heterocycles. The van der Waals surface area contributed by atoms with E-state index < -0.39 is 5.91 Å². The number of rotatable bonds is 8. The molecule has 2 amide bonds. The molecule has 9 nitrogen and oxygen atoms in total. The van der Waals surface area contributed by atoms with Crippen molar-refractivity contribution in [2.24, 2.45) is 0 Å². The SMILES string of the molecule is CC(=O)Nc1cccc(OCc2noc(C(=O)NCCCO)n2)c1. The standard InChI is InChI=1S/C15H18N4O5/c1-10(21)17-11-4-2-5-12(8-11)23-9-13-18-15(24-19-13)14(22)16-6-3-7-20/h2,4-5,8,20H,3,6-7,9H2,1H3,(H,16,22)(H,17,21). The van der Waals surface area contributed by atoms with Crippen LogP contribution in [-0.4, -0.2) is 40.2 Å². The molecule has 2 rings (SSSR count). The number of nitrogens with zero attached hydrogens (tertiary/aromatic N) is 2. The quantitative estimate of drug-likeness (QED) is 0.607. The Morgan fingerprint density at radius 1 is 1.38 bits per heavy atom. The second kappa shape index (κ2) is 8.63. The first-order valence-corrected chi connectivity index (χ1v) is 7.30. The van der Waals surface area contributed by atoms with E-state index in [-0.39, 0.29) is 30.8 Å². The van der Waals surface area contributed by atoms with Crippen LogP contribution in [0, 0.1) is 0 Å². The summed E-state index contributed by atoms with van der Waals surface area (Å²) in [6.45, 7) is 1.73. The van der Waals surface area contributed by atoms with Crippen molar-refractivity contribution in [1.82, 2.24) is 15.5 Å². The van der Waals surface area contributed by atoms with Crippen molar-refractivity contribution in [2.45, 2.75) is 20.0 Å². The van der Waals surface area contributed by atoms with Crippen molar-refractivity contribution in [1.29, 1.82) is 0 Å². The molecule has 0 bridgehead atoms. The summed E-state index contributed by atoms with van der Waals surface area (Å²) in [6.07, 6.45) is 0.445. The second-order valence-corrected chi connectivity index (χ2v) is 4.85. The monoisotopic (exact) mass is 334 g/mol. The molecule has 0 spiro atoms. The molecule has 1 aromatic heterocycles. The zero-order valence-electron chi connectivity index (χ0n) is 13.1. The molecule has 0 radical (unpaired) electrons. The predicted octanol–water partition coefficient (Wildman–Crippen LogP) is 0.719. The van der Waals surface area contributed by atoms with Gasteiger partial charge in [0, 0.05) is 31.8 Å². The Hall–Kier alpha value is -2.94. The van der Waals surface area contributed by atoms with Crippen molar-refractivity contribution in [3.8, 4) is 5.75 Å². The molecule has 0 aliphatic carbocycles. The number of carbonyl (C=O) groups excluding carboxylic acids is 2. The van der Waals surface area contributed by atoms with Gasteiger partial charge in [-0.15, -0.1) is 0 Å². The number of hydrogen-bond acceptors (Lipinski definition) is 7. The van der Waals surface area contributed by atoms with Crippen molar-refractivity contribution in [3.05, 3.63) is 36.0 Å². The lowest BCUT2D eigenvalue weighted by Gasteiger charge is -2.06. The summed E-state index contributed by atoms with van der Waals surface area (Å²) in [4.78, 5) is 26.6. The van der Waals surface area contributed by atoms with Crippen LogP contribution in [0.2, 0.25) is 0 Å². The number of carbonyl (C=O) groups is 2. The van der Waals surface area contributed by atoms with Gasteiger partial charge < -0.3 is 25.0 Å². The number of nitrogens with one attached hydrogen (secondary N) is 2. The first kappa shape index (κ1) is 17.4. The Kier molecular flexibility index (Phi) is 6.26. The molecule has 0 aliphatic rings. The first-order chi connectivity index (χ1) is 11.6. The fraction of sp³-hybridized carbons (Fsp3) is 0.333. The van der Waals surface area contributed by atoms with Gasteiger partial charge in [0.15, 0.2) is 6.61 Å². The van der Waals surface area contributed by atoms with Gasteiger partial charge in [0.05, 0.1) is 0 Å². The van der Waals surface area contributed by atoms with Crippen molar-refractivity contribution >= 4 is 17.5 Å². The third kappa shape index (κ3) is 5.36. The minimum absolute atomic E-state index is 0.0109. The van der Waals surface area contributed by atoms with Gasteiger partial charge in [-0.25, -0.2) is 0 Å². The lowest BCUT2D eigenvalue weighted by atomic mass is 10.3. The summed E-state index contributed by atoms with van der Waals surface area (Å²) < 4.78 is 10.4. The van der Waals surface area contributed by atoms with Gasteiger partial charge in [-0.1, -0.05) is 11.2 Å². The number of aromatic nitrogens is 2. The van der Waals surface area contributed by atoms with E-state index in [1.54, 1.807) is 24.3 Å². The summed E-state index contributed by atoms with van der Waals surface area (Å²) in [5.74, 6) is -0.122. The Labute approximate surface area is 138 Å². The van der Waals surface area contributed by atoms with Gasteiger partial charge in [-0.2, -0.15) is 4.98 Å². The molecule has 9 heteroatoms. The topological polar surface area (TPSA) is 127 Å². The molecule has 0 fully saturated rings. The average Bonchev–Trinajstić information content (AvgIpc) is 3.02. The third-order valence-corrected chi connectivity index (χ3v) is 2.81. The van der Waals surface area contributed by atoms with E-state index in [0.29, 0.717) is 24.4 Å². The number of anilines is 1. The number of aliphatic hydroxyl groups excluding tert-OH is 1. The maximum absolute atomic E-state index is 11.7. The van der Waals surface area contributed by atoms with E-state index in [4.69, 9.17) is 14.4 Å². The van der Waals surface area contributed by atoms with Gasteiger partial charge in [0.25, 0.3) is 0 Å². The van der Waals surface area contributed by atoms with E-state index in [1.807, 2.05) is 0 Å². The largest absolute Gasteiger partial charge is 0.485 e. The van der Waals surface area contributed by atoms with E-state index in [9.17, 15) is 9.59 Å². The van der Waals surface area contributed by atoms with Crippen molar-refractivity contribution < 1.29 is 24.0 Å². The van der Waals surface area contributed by atoms with E-state index in [0.717, 1.165) is 0 Å². The van der Waals surface area contributed by atoms with Crippen LogP contribution < -0.4 is 15.4 Å². The van der Waals surface area contributed by atoms with Gasteiger partial charge >= 0.3 is 11.8 Å². The van der Waals surface area contributed by atoms with E-state index in [1.165, 1.54) is 6.92 Å². The smallest absolute Gasteiger partial charge is 0.316 e. The summed E-state index contributed by atoms with van der Waals surface area (Å²) in [5, 5.41) is 17.5. The fourth-order valence-corrected chi connectivity index (χ4v) is 1.78. The highest BCUT2D eigenvalue weighted by molar-refractivity contribution is 5.89. The normalized spacial score (nSPS) is 10.2. The second-order valence-electron chi connectivity index (χ2n) is 4.85. The summed E-state index contributed by atoms with van der Waals surface area (Å²) in [6, 6.07) is 6.84. The van der Waals surface area contributed by atoms with Gasteiger partial charge in [0.1, 0.15) is 5.75 Å². The van der Waals surface area contributed by atoms with Crippen LogP contribution in [0.4, 0.5) is 5.69 Å². The highest BCUT2D eigenvalue weighted by Gasteiger charge is 2.14. The minimum Gasteiger partial charge on any atom is -0.485 e. The fourth-order valence-electron chi connectivity index (χ4n) is 1.78. The Morgan fingerprint density at radius 2 is 2.21 bits per heavy atom. The molecule has 2 aromatic rings. The highest BCUT2D eigenvalue weighted by atomic mass is 16.5. The number of amides is 2. The molecule has 0 aliphatic heterocycles. The molecule has 0 saturated carbocycles. The lowest BCUT2D eigenvalue weighted by Crippen LogP contribution is -2.25. The van der Waals surface area contributed by atoms with Crippen molar-refractivity contribution in [3.63, 3.8) is 0 Å². The maximum Gasteiger partial charge on any atom is 0.316 e. The van der Waals surface area contributed by atoms with Crippen LogP contribution in [0.1, 0.15) is 29.9 Å². The predicted molar refractivity (Wildman–Crippen MR) is 83.4 cm³/mol. The molecule has 3 N–H and O–H groups in total. The lowest BCUT2D eigenvalue weighted by molar-refractivity contribution is -0.114. The minimum atomic E-state index is -0.505. The molecular formula is C15H18N4O5. The van der Waals surface area contributed by atoms with Crippen LogP contribution >= 0.6 is 0 Å². The Balaban J connectivity index is 1.88. The highest BCUT2D eigenvalue weighted by Crippen LogP contribution is 2.18. The number of hydrogen-bond donors (Lipinski definition) is 3. The van der Waals surface area contributed by atoms with Crippen LogP contribution in [-0.2, 0) is 11.4 Å². The molecule has 0 unspecified atom stereocenters. The zero-order chi connectivity index (χ0) is 17.4. The maximum atomic E-state index is 11.7. The number of aliphatic hydroxyl groups is 1. The van der Waals surface area contributed by atoms with Crippen molar-refractivity contribution in [2.75, 3.05) is 18.5 Å². The molecule has 0 atom stereocenters. The number of ether oxygens (including phenoxy) is 1. The molecule has 128 valence electrons. The molecule has 24 heavy (non-hydrogen) atoms. The van der Waals surface area contributed by atoms with Crippen LogP contribution in [0.5, 0.6) is 5.75 Å². The van der Waals surface area contributed by atoms with Gasteiger partial charge in [0.2, 0.25) is 11.7 Å². The average molecular weight is 334 g/mol. The summed E-state index contributed by atoms with van der Waals surface area (Å²) in [7, 11) is 0.